The number of non-ortho nitro benzene ring substituents is 1. The molecule has 0 aliphatic heterocycles. The van der Waals surface area contributed by atoms with Gasteiger partial charge in [0.05, 0.1) is 4.92 Å². The molecule has 0 aliphatic rings. The van der Waals surface area contributed by atoms with Crippen molar-refractivity contribution in [1.29, 1.82) is 0 Å². The quantitative estimate of drug-likeness (QED) is 0.264. The molecule has 0 saturated carbocycles. The van der Waals surface area contributed by atoms with Gasteiger partial charge in [-0.25, -0.2) is 0 Å². The van der Waals surface area contributed by atoms with Gasteiger partial charge in [-0.1, -0.05) is 59.8 Å². The van der Waals surface area contributed by atoms with Gasteiger partial charge in [0.15, 0.2) is 0 Å². The second kappa shape index (κ2) is 7.85. The van der Waals surface area contributed by atoms with Gasteiger partial charge in [-0.15, -0.1) is 0 Å². The Morgan fingerprint density at radius 2 is 1.56 bits per heavy atom. The maximum atomic E-state index is 10.8. The topological polar surface area (TPSA) is 55.2 Å². The molecule has 0 amide bonds. The number of nitro groups is 1. The van der Waals surface area contributed by atoms with Crippen LogP contribution in [0.15, 0.2) is 83.8 Å². The molecule has 3 rings (SSSR count). The molecule has 0 radical (unpaired) electrons. The summed E-state index contributed by atoms with van der Waals surface area (Å²) in [5.41, 5.74) is 3.31. The summed E-state index contributed by atoms with van der Waals surface area (Å²) >= 11 is 1.71. The van der Waals surface area contributed by atoms with E-state index in [4.69, 9.17) is 0 Å². The van der Waals surface area contributed by atoms with E-state index >= 15 is 0 Å². The summed E-state index contributed by atoms with van der Waals surface area (Å²) in [6, 6.07) is 25.1. The lowest BCUT2D eigenvalue weighted by atomic mass is 10.2. The van der Waals surface area contributed by atoms with Crippen molar-refractivity contribution >= 4 is 23.1 Å². The number of nitrogens with one attached hydrogen (secondary N) is 1. The Morgan fingerprint density at radius 1 is 0.920 bits per heavy atom. The van der Waals surface area contributed by atoms with Crippen molar-refractivity contribution in [3.8, 4) is 0 Å². The van der Waals surface area contributed by atoms with Crippen molar-refractivity contribution in [2.75, 3.05) is 5.32 Å². The molecule has 0 bridgehead atoms. The third kappa shape index (κ3) is 4.61. The molecule has 126 valence electrons. The highest BCUT2D eigenvalue weighted by Gasteiger charge is 2.14. The Labute approximate surface area is 151 Å². The SMILES string of the molecule is Cc1ccc(S[C@H](Nc2ccc([N+](=O)[O-])cc2)c2ccccc2)cc1. The highest BCUT2D eigenvalue weighted by Crippen LogP contribution is 2.36. The average Bonchev–Trinajstić information content (AvgIpc) is 2.64. The first-order chi connectivity index (χ1) is 12.1. The predicted molar refractivity (Wildman–Crippen MR) is 103 cm³/mol. The number of hydrogen-bond acceptors (Lipinski definition) is 4. The van der Waals surface area contributed by atoms with Crippen LogP contribution in [0.2, 0.25) is 0 Å². The van der Waals surface area contributed by atoms with Crippen LogP contribution in [0, 0.1) is 17.0 Å². The van der Waals surface area contributed by atoms with Crippen molar-refractivity contribution in [3.63, 3.8) is 0 Å². The van der Waals surface area contributed by atoms with Gasteiger partial charge in [0.25, 0.3) is 5.69 Å². The normalized spacial score (nSPS) is 11.7. The first-order valence-electron chi connectivity index (χ1n) is 7.91. The summed E-state index contributed by atoms with van der Waals surface area (Å²) in [5, 5.41) is 14.3. The van der Waals surface area contributed by atoms with Gasteiger partial charge in [-0.3, -0.25) is 10.1 Å². The van der Waals surface area contributed by atoms with Crippen LogP contribution in [0.4, 0.5) is 11.4 Å². The third-order valence-electron chi connectivity index (χ3n) is 3.75. The van der Waals surface area contributed by atoms with E-state index in [1.165, 1.54) is 17.7 Å². The minimum Gasteiger partial charge on any atom is -0.369 e. The lowest BCUT2D eigenvalue weighted by Gasteiger charge is -2.20. The predicted octanol–water partition coefficient (Wildman–Crippen LogP) is 5.81. The second-order valence-corrected chi connectivity index (χ2v) is 6.85. The fourth-order valence-electron chi connectivity index (χ4n) is 2.39. The van der Waals surface area contributed by atoms with Gasteiger partial charge < -0.3 is 5.32 Å². The number of nitrogens with zero attached hydrogens (tertiary/aromatic N) is 1. The van der Waals surface area contributed by atoms with Gasteiger partial charge in [0.1, 0.15) is 5.37 Å². The Balaban J connectivity index is 1.83. The van der Waals surface area contributed by atoms with Crippen molar-refractivity contribution < 1.29 is 4.92 Å². The summed E-state index contributed by atoms with van der Waals surface area (Å²) < 4.78 is 0. The first-order valence-corrected chi connectivity index (χ1v) is 8.79. The van der Waals surface area contributed by atoms with Crippen LogP contribution in [0.5, 0.6) is 0 Å². The maximum Gasteiger partial charge on any atom is 0.269 e. The van der Waals surface area contributed by atoms with Crippen LogP contribution in [-0.2, 0) is 0 Å². The maximum absolute atomic E-state index is 10.8. The van der Waals surface area contributed by atoms with Crippen molar-refractivity contribution in [2.45, 2.75) is 17.2 Å². The minimum absolute atomic E-state index is 0.00497. The minimum atomic E-state index is -0.389. The Hall–Kier alpha value is -2.79. The monoisotopic (exact) mass is 350 g/mol. The zero-order valence-electron chi connectivity index (χ0n) is 13.8. The number of benzene rings is 3. The Kier molecular flexibility index (Phi) is 5.36. The summed E-state index contributed by atoms with van der Waals surface area (Å²) in [6.45, 7) is 2.07. The molecule has 0 spiro atoms. The number of thioether (sulfide) groups is 1. The molecule has 4 nitrogen and oxygen atoms in total. The van der Waals surface area contributed by atoms with E-state index in [1.54, 1.807) is 23.9 Å². The molecule has 0 fully saturated rings. The molecule has 5 heteroatoms. The number of nitro benzene ring substituents is 1. The molecule has 0 saturated heterocycles. The lowest BCUT2D eigenvalue weighted by Crippen LogP contribution is -2.07. The molecule has 25 heavy (non-hydrogen) atoms. The largest absolute Gasteiger partial charge is 0.369 e. The van der Waals surface area contributed by atoms with Crippen LogP contribution in [0.25, 0.3) is 0 Å². The summed E-state index contributed by atoms with van der Waals surface area (Å²) in [6.07, 6.45) is 0. The Morgan fingerprint density at radius 3 is 2.16 bits per heavy atom. The van der Waals surface area contributed by atoms with Gasteiger partial charge in [-0.05, 0) is 36.8 Å². The highest BCUT2D eigenvalue weighted by molar-refractivity contribution is 7.99. The van der Waals surface area contributed by atoms with E-state index in [-0.39, 0.29) is 16.0 Å². The standard InChI is InChI=1S/C20H18N2O2S/c1-15-7-13-19(14-8-15)25-20(16-5-3-2-4-6-16)21-17-9-11-18(12-10-17)22(23)24/h2-14,20-21H,1H3/t20-/m0/s1. The van der Waals surface area contributed by atoms with Gasteiger partial charge in [-0.2, -0.15) is 0 Å². The van der Waals surface area contributed by atoms with Crippen LogP contribution in [0.3, 0.4) is 0 Å². The lowest BCUT2D eigenvalue weighted by molar-refractivity contribution is -0.384. The molecule has 3 aromatic carbocycles. The molecule has 1 N–H and O–H groups in total. The zero-order valence-corrected chi connectivity index (χ0v) is 14.6. The van der Waals surface area contributed by atoms with Crippen LogP contribution >= 0.6 is 11.8 Å². The highest BCUT2D eigenvalue weighted by atomic mass is 32.2. The van der Waals surface area contributed by atoms with E-state index in [9.17, 15) is 10.1 Å². The molecule has 0 heterocycles. The van der Waals surface area contributed by atoms with Crippen LogP contribution < -0.4 is 5.32 Å². The van der Waals surface area contributed by atoms with Crippen molar-refractivity contribution in [3.05, 3.63) is 100 Å². The van der Waals surface area contributed by atoms with Crippen molar-refractivity contribution in [2.24, 2.45) is 0 Å². The number of rotatable bonds is 6. The van der Waals surface area contributed by atoms with E-state index in [1.807, 2.05) is 18.2 Å². The van der Waals surface area contributed by atoms with Gasteiger partial charge in [0, 0.05) is 22.7 Å². The summed E-state index contributed by atoms with van der Waals surface area (Å²) in [5.74, 6) is 0. The third-order valence-corrected chi connectivity index (χ3v) is 4.92. The van der Waals surface area contributed by atoms with E-state index in [2.05, 4.69) is 48.6 Å². The van der Waals surface area contributed by atoms with Gasteiger partial charge >= 0.3 is 0 Å². The van der Waals surface area contributed by atoms with Crippen LogP contribution in [-0.4, -0.2) is 4.92 Å². The van der Waals surface area contributed by atoms with Gasteiger partial charge in [0.2, 0.25) is 0 Å². The molecule has 0 unspecified atom stereocenters. The van der Waals surface area contributed by atoms with Crippen molar-refractivity contribution in [1.82, 2.24) is 0 Å². The zero-order chi connectivity index (χ0) is 17.6. The van der Waals surface area contributed by atoms with Crippen LogP contribution in [0.1, 0.15) is 16.5 Å². The van der Waals surface area contributed by atoms with E-state index < -0.39 is 0 Å². The Bertz CT molecular complexity index is 834. The number of aryl methyl sites for hydroxylation is 1. The smallest absolute Gasteiger partial charge is 0.269 e. The number of anilines is 1. The molecular formula is C20H18N2O2S. The van der Waals surface area contributed by atoms with E-state index in [0.29, 0.717) is 0 Å². The molecular weight excluding hydrogens is 332 g/mol. The fraction of sp³-hybridized carbons (Fsp3) is 0.100. The number of hydrogen-bond donors (Lipinski definition) is 1. The molecule has 1 atom stereocenters. The first kappa shape index (κ1) is 17.0. The van der Waals surface area contributed by atoms with E-state index in [0.717, 1.165) is 16.1 Å². The summed E-state index contributed by atoms with van der Waals surface area (Å²) in [7, 11) is 0. The average molecular weight is 350 g/mol. The molecule has 0 aliphatic carbocycles. The second-order valence-electron chi connectivity index (χ2n) is 5.67. The molecule has 3 aromatic rings. The fourth-order valence-corrected chi connectivity index (χ4v) is 3.45. The summed E-state index contributed by atoms with van der Waals surface area (Å²) in [4.78, 5) is 11.6. The molecule has 0 aromatic heterocycles.